The van der Waals surface area contributed by atoms with Gasteiger partial charge in [-0.25, -0.2) is 0 Å². The van der Waals surface area contributed by atoms with E-state index in [9.17, 15) is 14.4 Å². The Morgan fingerprint density at radius 2 is 2.00 bits per heavy atom. The van der Waals surface area contributed by atoms with Crippen molar-refractivity contribution < 1.29 is 15.8 Å². The smallest absolute Gasteiger partial charge is 0.246 e. The number of rotatable bonds is 9. The molecule has 0 saturated carbocycles. The normalized spacial score (nSPS) is 19.4. The first kappa shape index (κ1) is 23.2. The Kier molecular flexibility index (Phi) is 8.30. The van der Waals surface area contributed by atoms with Crippen molar-refractivity contribution in [2.75, 3.05) is 18.4 Å². The molecule has 8 nitrogen and oxygen atoms in total. The Hall–Kier alpha value is -2.94. The minimum atomic E-state index is -0.810. The van der Waals surface area contributed by atoms with Crippen LogP contribution in [0.4, 0.5) is 5.69 Å². The molecular formula is C24H30ClN5O3. The number of benzene rings is 2. The molecule has 0 radical (unpaired) electrons. The maximum absolute atomic E-state index is 13.1. The molecular weight excluding hydrogens is 442 g/mol. The van der Waals surface area contributed by atoms with Gasteiger partial charge in [0.05, 0.1) is 12.6 Å². The molecule has 2 aromatic carbocycles. The van der Waals surface area contributed by atoms with Gasteiger partial charge in [0.1, 0.15) is 7.45 Å². The van der Waals surface area contributed by atoms with E-state index in [1.807, 2.05) is 37.3 Å². The fraction of sp³-hybridized carbons (Fsp3) is 0.375. The Bertz CT molecular complexity index is 1020. The zero-order chi connectivity index (χ0) is 24.7. The van der Waals surface area contributed by atoms with Gasteiger partial charge in [0.2, 0.25) is 17.7 Å². The number of aryl methyl sites for hydroxylation is 2. The number of halogens is 1. The second kappa shape index (κ2) is 11.8. The van der Waals surface area contributed by atoms with Crippen LogP contribution in [0.5, 0.6) is 0 Å². The lowest BCUT2D eigenvalue weighted by Gasteiger charge is -2.21. The molecule has 1 aliphatic heterocycles. The number of hydrogen-bond donors (Lipinski definition) is 5. The highest BCUT2D eigenvalue weighted by atomic mass is 35.5. The van der Waals surface area contributed by atoms with Gasteiger partial charge in [0, 0.05) is 23.3 Å². The molecule has 0 bridgehead atoms. The summed E-state index contributed by atoms with van der Waals surface area (Å²) in [5.74, 6) is -1.12. The van der Waals surface area contributed by atoms with E-state index in [0.29, 0.717) is 23.6 Å². The monoisotopic (exact) mass is 472 g/mol. The predicted octanol–water partition coefficient (Wildman–Crippen LogP) is 1.51. The molecule has 0 spiro atoms. The highest BCUT2D eigenvalue weighted by Gasteiger charge is 2.32. The van der Waals surface area contributed by atoms with Gasteiger partial charge >= 0.3 is 0 Å². The Morgan fingerprint density at radius 3 is 2.70 bits per heavy atom. The van der Waals surface area contributed by atoms with E-state index in [0.717, 1.165) is 16.4 Å². The van der Waals surface area contributed by atoms with Crippen molar-refractivity contribution in [3.63, 3.8) is 0 Å². The van der Waals surface area contributed by atoms with Crippen molar-refractivity contribution in [2.24, 2.45) is 5.73 Å². The molecule has 2 aromatic rings. The quantitative estimate of drug-likeness (QED) is 0.378. The van der Waals surface area contributed by atoms with Gasteiger partial charge in [-0.1, -0.05) is 41.9 Å². The SMILES string of the molecule is [2H]N1C[C@H](NC(=O)CN)C[C@H]1C(=O)N[C@@H](CCc1ccccc1)C(=O)Nc1ccc(Cl)c(C)c1. The molecule has 33 heavy (non-hydrogen) atoms. The van der Waals surface area contributed by atoms with Crippen molar-refractivity contribution in [3.8, 4) is 0 Å². The lowest BCUT2D eigenvalue weighted by atomic mass is 10.0. The molecule has 0 unspecified atom stereocenters. The Morgan fingerprint density at radius 1 is 1.24 bits per heavy atom. The second-order valence-electron chi connectivity index (χ2n) is 8.12. The van der Waals surface area contributed by atoms with Crippen LogP contribution in [0.15, 0.2) is 48.5 Å². The fourth-order valence-electron chi connectivity index (χ4n) is 3.70. The average molecular weight is 473 g/mol. The maximum atomic E-state index is 13.1. The van der Waals surface area contributed by atoms with Crippen LogP contribution < -0.4 is 27.0 Å². The molecule has 0 aromatic heterocycles. The summed E-state index contributed by atoms with van der Waals surface area (Å²) in [6.07, 6.45) is 1.24. The van der Waals surface area contributed by atoms with Crippen LogP contribution in [0.3, 0.4) is 0 Å². The largest absolute Gasteiger partial charge is 0.351 e. The van der Waals surface area contributed by atoms with Crippen LogP contribution in [-0.2, 0) is 20.8 Å². The number of nitrogens with two attached hydrogens (primary N) is 1. The van der Waals surface area contributed by atoms with Gasteiger partial charge in [0.25, 0.3) is 0 Å². The van der Waals surface area contributed by atoms with E-state index < -0.39 is 18.0 Å². The second-order valence-corrected chi connectivity index (χ2v) is 8.53. The number of carbonyl (C=O) groups is 3. The summed E-state index contributed by atoms with van der Waals surface area (Å²) >= 11 is 6.08. The summed E-state index contributed by atoms with van der Waals surface area (Å²) in [5, 5.41) is 10.1. The molecule has 1 fully saturated rings. The number of anilines is 1. The predicted molar refractivity (Wildman–Crippen MR) is 129 cm³/mol. The van der Waals surface area contributed by atoms with E-state index in [2.05, 4.69) is 16.0 Å². The highest BCUT2D eigenvalue weighted by molar-refractivity contribution is 6.31. The molecule has 3 rings (SSSR count). The molecule has 1 saturated heterocycles. The first-order valence-corrected chi connectivity index (χ1v) is 11.3. The van der Waals surface area contributed by atoms with Gasteiger partial charge in [-0.2, -0.15) is 0 Å². The van der Waals surface area contributed by atoms with Crippen molar-refractivity contribution >= 4 is 35.0 Å². The van der Waals surface area contributed by atoms with Crippen LogP contribution in [-0.4, -0.2) is 48.9 Å². The number of amides is 3. The summed E-state index contributed by atoms with van der Waals surface area (Å²) < 4.78 is 8.14. The van der Waals surface area contributed by atoms with Crippen molar-refractivity contribution in [3.05, 3.63) is 64.7 Å². The highest BCUT2D eigenvalue weighted by Crippen LogP contribution is 2.20. The summed E-state index contributed by atoms with van der Waals surface area (Å²) in [6.45, 7) is 1.89. The lowest BCUT2D eigenvalue weighted by molar-refractivity contribution is -0.127. The van der Waals surface area contributed by atoms with Crippen LogP contribution in [0.1, 0.15) is 24.0 Å². The van der Waals surface area contributed by atoms with E-state index in [1.165, 1.54) is 0 Å². The van der Waals surface area contributed by atoms with Gasteiger partial charge in [-0.3, -0.25) is 14.4 Å². The molecule has 1 heterocycles. The summed E-state index contributed by atoms with van der Waals surface area (Å²) in [5.41, 5.74) is 7.79. The third-order valence-electron chi connectivity index (χ3n) is 5.53. The molecule has 1 aliphatic rings. The number of nitrogens with one attached hydrogen (secondary N) is 4. The van der Waals surface area contributed by atoms with Gasteiger partial charge in [-0.05, 0) is 55.5 Å². The Balaban J connectivity index is 1.69. The molecule has 3 atom stereocenters. The van der Waals surface area contributed by atoms with Crippen molar-refractivity contribution in [1.82, 2.24) is 15.9 Å². The fourth-order valence-corrected chi connectivity index (χ4v) is 3.82. The summed E-state index contributed by atoms with van der Waals surface area (Å²) in [6, 6.07) is 12.9. The summed E-state index contributed by atoms with van der Waals surface area (Å²) in [7, 11) is 0. The van der Waals surface area contributed by atoms with Gasteiger partial charge in [-0.15, -0.1) is 0 Å². The van der Waals surface area contributed by atoms with Crippen LogP contribution in [0, 0.1) is 6.92 Å². The third-order valence-corrected chi connectivity index (χ3v) is 5.95. The average Bonchev–Trinajstić information content (AvgIpc) is 3.19. The zero-order valence-electron chi connectivity index (χ0n) is 19.5. The molecule has 6 N–H and O–H groups in total. The van der Waals surface area contributed by atoms with Crippen LogP contribution in [0.2, 0.25) is 6.43 Å². The molecule has 0 aliphatic carbocycles. The van der Waals surface area contributed by atoms with Crippen molar-refractivity contribution in [2.45, 2.75) is 44.3 Å². The van der Waals surface area contributed by atoms with Crippen molar-refractivity contribution in [1.29, 1.82) is 0 Å². The van der Waals surface area contributed by atoms with E-state index in [4.69, 9.17) is 18.7 Å². The molecule has 9 heteroatoms. The first-order chi connectivity index (χ1) is 16.3. The van der Waals surface area contributed by atoms with Gasteiger partial charge in [0.15, 0.2) is 0 Å². The van der Waals surface area contributed by atoms with E-state index in [1.54, 1.807) is 18.2 Å². The zero-order valence-corrected chi connectivity index (χ0v) is 19.3. The van der Waals surface area contributed by atoms with E-state index >= 15 is 0 Å². The molecule has 176 valence electrons. The standard InChI is InChI=1S/C24H30ClN5O3/c1-15-11-17(8-9-19(15)25)29-23(32)20(10-7-16-5-3-2-4-6-16)30-24(33)21-12-18(14-27-21)28-22(31)13-26/h2-6,8-9,11,18,20-21,27H,7,10,12-14,26H2,1H3,(H,28,31)(H,29,32)(H,30,33)/t18-,20+,21+/m1/s1/i/hD. The topological polar surface area (TPSA) is 125 Å². The Labute approximate surface area is 200 Å². The first-order valence-electron chi connectivity index (χ1n) is 11.4. The van der Waals surface area contributed by atoms with E-state index in [-0.39, 0.29) is 37.4 Å². The summed E-state index contributed by atoms with van der Waals surface area (Å²) in [4.78, 5) is 37.7. The number of hydrogen-bond acceptors (Lipinski definition) is 5. The minimum absolute atomic E-state index is 0.155. The molecule has 3 amide bonds. The number of carbonyl (C=O) groups excluding carboxylic acids is 3. The lowest BCUT2D eigenvalue weighted by Crippen LogP contribution is -2.50. The van der Waals surface area contributed by atoms with Crippen LogP contribution >= 0.6 is 11.6 Å². The minimum Gasteiger partial charge on any atom is -0.351 e. The maximum Gasteiger partial charge on any atom is 0.246 e. The van der Waals surface area contributed by atoms with Gasteiger partial charge < -0.3 is 27.0 Å². The third kappa shape index (κ3) is 7.28. The van der Waals surface area contributed by atoms with Crippen LogP contribution in [0.25, 0.3) is 0 Å².